The van der Waals surface area contributed by atoms with E-state index in [1.165, 1.54) is 0 Å². The highest BCUT2D eigenvalue weighted by molar-refractivity contribution is 5.94. The van der Waals surface area contributed by atoms with Gasteiger partial charge in [0.25, 0.3) is 5.91 Å². The molecule has 1 amide bonds. The molecule has 144 valence electrons. The molecule has 0 aliphatic rings. The fraction of sp³-hybridized carbons (Fsp3) is 0.227. The average molecular weight is 377 g/mol. The second kappa shape index (κ2) is 8.52. The van der Waals surface area contributed by atoms with Gasteiger partial charge in [-0.3, -0.25) is 4.79 Å². The van der Waals surface area contributed by atoms with Gasteiger partial charge in [0.15, 0.2) is 0 Å². The summed E-state index contributed by atoms with van der Waals surface area (Å²) in [7, 11) is 1.61. The Morgan fingerprint density at radius 1 is 1.18 bits per heavy atom. The van der Waals surface area contributed by atoms with Crippen LogP contribution in [0.2, 0.25) is 0 Å². The van der Waals surface area contributed by atoms with Gasteiger partial charge in [-0.25, -0.2) is 0 Å². The zero-order chi connectivity index (χ0) is 20.1. The molecule has 0 atom stereocenters. The Labute approximate surface area is 164 Å². The molecule has 0 N–H and O–H groups in total. The maximum Gasteiger partial charge on any atom is 0.254 e. The van der Waals surface area contributed by atoms with Crippen molar-refractivity contribution in [3.05, 3.63) is 77.7 Å². The van der Waals surface area contributed by atoms with Crippen molar-refractivity contribution in [1.29, 1.82) is 0 Å². The van der Waals surface area contributed by atoms with Crippen molar-refractivity contribution in [2.75, 3.05) is 13.7 Å². The van der Waals surface area contributed by atoms with Crippen molar-refractivity contribution in [1.82, 2.24) is 15.0 Å². The van der Waals surface area contributed by atoms with Crippen molar-refractivity contribution in [3.63, 3.8) is 0 Å². The lowest BCUT2D eigenvalue weighted by Gasteiger charge is -2.19. The molecular formula is C22H23N3O3. The van der Waals surface area contributed by atoms with Crippen LogP contribution in [-0.4, -0.2) is 34.6 Å². The molecule has 0 unspecified atom stereocenters. The number of aromatic nitrogens is 2. The van der Waals surface area contributed by atoms with Crippen molar-refractivity contribution in [3.8, 4) is 17.1 Å². The molecule has 0 bridgehead atoms. The Morgan fingerprint density at radius 2 is 1.86 bits per heavy atom. The Morgan fingerprint density at radius 3 is 2.46 bits per heavy atom. The summed E-state index contributed by atoms with van der Waals surface area (Å²) in [5.41, 5.74) is 3.53. The third-order valence-corrected chi connectivity index (χ3v) is 4.25. The van der Waals surface area contributed by atoms with E-state index < -0.39 is 0 Å². The van der Waals surface area contributed by atoms with E-state index in [1.807, 2.05) is 56.3 Å². The fourth-order valence-corrected chi connectivity index (χ4v) is 3.00. The molecule has 1 heterocycles. The van der Waals surface area contributed by atoms with Gasteiger partial charge in [0.2, 0.25) is 11.7 Å². The highest BCUT2D eigenvalue weighted by Gasteiger charge is 2.19. The van der Waals surface area contributed by atoms with Crippen LogP contribution in [0.25, 0.3) is 11.4 Å². The third-order valence-electron chi connectivity index (χ3n) is 4.25. The van der Waals surface area contributed by atoms with E-state index >= 15 is 0 Å². The number of methoxy groups -OCH3 is 1. The van der Waals surface area contributed by atoms with Crippen molar-refractivity contribution in [2.24, 2.45) is 0 Å². The number of benzene rings is 2. The predicted molar refractivity (Wildman–Crippen MR) is 107 cm³/mol. The SMILES string of the molecule is C=CCN(Cc1nc(-c2ccc(OC)cc2)no1)C(=O)c1cc(C)cc(C)c1. The quantitative estimate of drug-likeness (QED) is 0.578. The lowest BCUT2D eigenvalue weighted by Crippen LogP contribution is -2.31. The fourth-order valence-electron chi connectivity index (χ4n) is 3.00. The van der Waals surface area contributed by atoms with Crippen LogP contribution in [0, 0.1) is 13.8 Å². The first-order valence-electron chi connectivity index (χ1n) is 8.95. The number of amides is 1. The van der Waals surface area contributed by atoms with Crippen LogP contribution >= 0.6 is 0 Å². The van der Waals surface area contributed by atoms with E-state index in [0.29, 0.717) is 23.8 Å². The number of carbonyl (C=O) groups excluding carboxylic acids is 1. The molecule has 1 aromatic heterocycles. The van der Waals surface area contributed by atoms with Crippen molar-refractivity contribution >= 4 is 5.91 Å². The second-order valence-electron chi connectivity index (χ2n) is 6.59. The summed E-state index contributed by atoms with van der Waals surface area (Å²) in [6.07, 6.45) is 1.68. The van der Waals surface area contributed by atoms with Crippen LogP contribution in [0.15, 0.2) is 59.6 Å². The van der Waals surface area contributed by atoms with Crippen molar-refractivity contribution < 1.29 is 14.1 Å². The number of aryl methyl sites for hydroxylation is 2. The highest BCUT2D eigenvalue weighted by atomic mass is 16.5. The van der Waals surface area contributed by atoms with Gasteiger partial charge in [-0.1, -0.05) is 28.4 Å². The van der Waals surface area contributed by atoms with Crippen LogP contribution in [0.3, 0.4) is 0 Å². The van der Waals surface area contributed by atoms with E-state index in [-0.39, 0.29) is 12.5 Å². The first-order chi connectivity index (χ1) is 13.5. The lowest BCUT2D eigenvalue weighted by atomic mass is 10.1. The second-order valence-corrected chi connectivity index (χ2v) is 6.59. The summed E-state index contributed by atoms with van der Waals surface area (Å²) in [4.78, 5) is 19.0. The standard InChI is InChI=1S/C22H23N3O3/c1-5-10-25(22(26)18-12-15(2)11-16(3)13-18)14-20-23-21(24-28-20)17-6-8-19(27-4)9-7-17/h5-9,11-13H,1,10,14H2,2-4H3. The molecular weight excluding hydrogens is 354 g/mol. The Kier molecular flexibility index (Phi) is 5.89. The van der Waals surface area contributed by atoms with Gasteiger partial charge in [0, 0.05) is 17.7 Å². The zero-order valence-electron chi connectivity index (χ0n) is 16.3. The summed E-state index contributed by atoms with van der Waals surface area (Å²) in [6.45, 7) is 8.29. The van der Waals surface area contributed by atoms with E-state index in [2.05, 4.69) is 16.7 Å². The smallest absolute Gasteiger partial charge is 0.254 e. The van der Waals surface area contributed by atoms with Gasteiger partial charge >= 0.3 is 0 Å². The molecule has 0 fully saturated rings. The monoisotopic (exact) mass is 377 g/mol. The molecule has 6 heteroatoms. The maximum atomic E-state index is 13.0. The van der Waals surface area contributed by atoms with Crippen molar-refractivity contribution in [2.45, 2.75) is 20.4 Å². The molecule has 0 saturated heterocycles. The van der Waals surface area contributed by atoms with Gasteiger partial charge in [-0.2, -0.15) is 4.98 Å². The number of hydrogen-bond donors (Lipinski definition) is 0. The van der Waals surface area contributed by atoms with Crippen LogP contribution in [0.4, 0.5) is 0 Å². The first kappa shape index (κ1) is 19.4. The lowest BCUT2D eigenvalue weighted by molar-refractivity contribution is 0.0745. The topological polar surface area (TPSA) is 68.5 Å². The van der Waals surface area contributed by atoms with E-state index in [0.717, 1.165) is 22.4 Å². The molecule has 0 saturated carbocycles. The number of carbonyl (C=O) groups is 1. The summed E-state index contributed by atoms with van der Waals surface area (Å²) in [5, 5.41) is 4.02. The maximum absolute atomic E-state index is 13.0. The third kappa shape index (κ3) is 4.46. The zero-order valence-corrected chi connectivity index (χ0v) is 16.3. The molecule has 3 aromatic rings. The molecule has 28 heavy (non-hydrogen) atoms. The minimum Gasteiger partial charge on any atom is -0.497 e. The van der Waals surface area contributed by atoms with Gasteiger partial charge in [-0.15, -0.1) is 6.58 Å². The summed E-state index contributed by atoms with van der Waals surface area (Å²) < 4.78 is 10.5. The molecule has 3 rings (SSSR count). The Hall–Kier alpha value is -3.41. The predicted octanol–water partition coefficient (Wildman–Crippen LogP) is 4.19. The van der Waals surface area contributed by atoms with Crippen LogP contribution in [0.1, 0.15) is 27.4 Å². The normalized spacial score (nSPS) is 10.5. The van der Waals surface area contributed by atoms with E-state index in [4.69, 9.17) is 9.26 Å². The van der Waals surface area contributed by atoms with E-state index in [1.54, 1.807) is 18.1 Å². The van der Waals surface area contributed by atoms with Gasteiger partial charge in [0.05, 0.1) is 7.11 Å². The minimum absolute atomic E-state index is 0.101. The van der Waals surface area contributed by atoms with Crippen LogP contribution in [0.5, 0.6) is 5.75 Å². The molecule has 0 radical (unpaired) electrons. The largest absolute Gasteiger partial charge is 0.497 e. The Bertz CT molecular complexity index is 957. The molecule has 6 nitrogen and oxygen atoms in total. The van der Waals surface area contributed by atoms with Gasteiger partial charge < -0.3 is 14.2 Å². The summed E-state index contributed by atoms with van der Waals surface area (Å²) in [5.74, 6) is 1.49. The van der Waals surface area contributed by atoms with Gasteiger partial charge in [0.1, 0.15) is 12.3 Å². The number of hydrogen-bond acceptors (Lipinski definition) is 5. The molecule has 0 aliphatic carbocycles. The molecule has 0 spiro atoms. The Balaban J connectivity index is 1.79. The summed E-state index contributed by atoms with van der Waals surface area (Å²) in [6, 6.07) is 13.2. The number of rotatable bonds is 7. The number of nitrogens with zero attached hydrogens (tertiary/aromatic N) is 3. The van der Waals surface area contributed by atoms with Crippen LogP contribution < -0.4 is 4.74 Å². The van der Waals surface area contributed by atoms with E-state index in [9.17, 15) is 4.79 Å². The highest BCUT2D eigenvalue weighted by Crippen LogP contribution is 2.20. The summed E-state index contributed by atoms with van der Waals surface area (Å²) >= 11 is 0. The average Bonchev–Trinajstić information content (AvgIpc) is 3.15. The number of ether oxygens (including phenoxy) is 1. The van der Waals surface area contributed by atoms with Crippen LogP contribution in [-0.2, 0) is 6.54 Å². The van der Waals surface area contributed by atoms with Gasteiger partial charge in [-0.05, 0) is 50.2 Å². The first-order valence-corrected chi connectivity index (χ1v) is 8.95. The molecule has 0 aliphatic heterocycles. The molecule has 2 aromatic carbocycles. The minimum atomic E-state index is -0.101.